The molecule has 0 spiro atoms. The van der Waals surface area contributed by atoms with Crippen LogP contribution in [0.3, 0.4) is 0 Å². The lowest BCUT2D eigenvalue weighted by Crippen LogP contribution is -2.33. The minimum atomic E-state index is 0.743. The Morgan fingerprint density at radius 1 is 1.43 bits per heavy atom. The highest BCUT2D eigenvalue weighted by Gasteiger charge is 2.20. The van der Waals surface area contributed by atoms with Gasteiger partial charge in [0.2, 0.25) is 0 Å². The zero-order valence-electron chi connectivity index (χ0n) is 13.0. The van der Waals surface area contributed by atoms with Crippen molar-refractivity contribution in [3.8, 4) is 6.07 Å². The van der Waals surface area contributed by atoms with Gasteiger partial charge in [-0.2, -0.15) is 5.26 Å². The average Bonchev–Trinajstić information content (AvgIpc) is 2.48. The maximum Gasteiger partial charge on any atom is 0.101 e. The molecule has 3 nitrogen and oxygen atoms in total. The molecule has 0 saturated heterocycles. The molecule has 0 bridgehead atoms. The number of anilines is 1. The summed E-state index contributed by atoms with van der Waals surface area (Å²) in [5.41, 5.74) is 6.51. The van der Waals surface area contributed by atoms with Crippen LogP contribution >= 0.6 is 0 Å². The third-order valence-corrected chi connectivity index (χ3v) is 3.96. The molecule has 0 atom stereocenters. The number of aryl methyl sites for hydroxylation is 1. The van der Waals surface area contributed by atoms with Crippen molar-refractivity contribution in [3.05, 3.63) is 53.3 Å². The summed E-state index contributed by atoms with van der Waals surface area (Å²) in [6.07, 6.45) is 2.58. The van der Waals surface area contributed by atoms with Gasteiger partial charge >= 0.3 is 0 Å². The lowest BCUT2D eigenvalue weighted by Gasteiger charge is -2.32. The lowest BCUT2D eigenvalue weighted by molar-refractivity contribution is 0.772. The molecule has 0 fully saturated rings. The van der Waals surface area contributed by atoms with E-state index in [2.05, 4.69) is 35.5 Å². The van der Waals surface area contributed by atoms with E-state index in [1.807, 2.05) is 26.0 Å². The molecule has 1 aromatic rings. The highest BCUT2D eigenvalue weighted by molar-refractivity contribution is 6.00. The monoisotopic (exact) mass is 279 g/mol. The van der Waals surface area contributed by atoms with Gasteiger partial charge in [0.25, 0.3) is 0 Å². The van der Waals surface area contributed by atoms with E-state index in [1.165, 1.54) is 11.1 Å². The minimum absolute atomic E-state index is 0.743. The quantitative estimate of drug-likeness (QED) is 0.785. The number of rotatable bonds is 3. The van der Waals surface area contributed by atoms with Crippen molar-refractivity contribution in [1.82, 2.24) is 0 Å². The fourth-order valence-electron chi connectivity index (χ4n) is 2.72. The number of hydrogen-bond donors (Lipinski definition) is 0. The Labute approximate surface area is 126 Å². The Morgan fingerprint density at radius 2 is 2.19 bits per heavy atom. The van der Waals surface area contributed by atoms with Gasteiger partial charge in [0.1, 0.15) is 6.07 Å². The van der Waals surface area contributed by atoms with Gasteiger partial charge in [-0.05, 0) is 50.5 Å². The van der Waals surface area contributed by atoms with Crippen LogP contribution < -0.4 is 4.90 Å². The first-order chi connectivity index (χ1) is 10.1. The van der Waals surface area contributed by atoms with Crippen LogP contribution in [0, 0.1) is 18.3 Å². The molecule has 21 heavy (non-hydrogen) atoms. The Bertz CT molecular complexity index is 660. The molecule has 0 aliphatic carbocycles. The third kappa shape index (κ3) is 3.22. The first kappa shape index (κ1) is 15.1. The van der Waals surface area contributed by atoms with E-state index in [0.717, 1.165) is 42.0 Å². The van der Waals surface area contributed by atoms with Crippen LogP contribution in [0.25, 0.3) is 0 Å². The molecule has 0 aromatic heterocycles. The van der Waals surface area contributed by atoms with E-state index in [0.29, 0.717) is 0 Å². The van der Waals surface area contributed by atoms with Gasteiger partial charge in [-0.25, -0.2) is 0 Å². The molecule has 0 unspecified atom stereocenters. The molecule has 108 valence electrons. The standard InChI is InChI=1S/C18H21N3/c1-5-20-15(4)17-12-21(9-8-14(17)3)18-7-6-13(2)10-16(18)11-19/h5-7,10H,1,8-9,12H2,2-4H3. The molecule has 3 heteroatoms. The summed E-state index contributed by atoms with van der Waals surface area (Å²) in [7, 11) is 0. The second kappa shape index (κ2) is 6.41. The molecule has 1 aliphatic heterocycles. The summed E-state index contributed by atoms with van der Waals surface area (Å²) in [5.74, 6) is 0. The van der Waals surface area contributed by atoms with Gasteiger partial charge in [0.05, 0.1) is 11.3 Å². The van der Waals surface area contributed by atoms with Crippen molar-refractivity contribution >= 4 is 11.4 Å². The third-order valence-electron chi connectivity index (χ3n) is 3.96. The summed E-state index contributed by atoms with van der Waals surface area (Å²) in [4.78, 5) is 6.58. The molecule has 1 aromatic carbocycles. The van der Waals surface area contributed by atoms with Crippen molar-refractivity contribution < 1.29 is 0 Å². The summed E-state index contributed by atoms with van der Waals surface area (Å²) in [5, 5.41) is 9.36. The second-order valence-corrected chi connectivity index (χ2v) is 5.46. The number of hydrogen-bond acceptors (Lipinski definition) is 3. The van der Waals surface area contributed by atoms with Crippen LogP contribution in [0.4, 0.5) is 5.69 Å². The SMILES string of the molecule is C=CN=C(C)C1=C(C)CCN(c2ccc(C)cc2C#N)C1. The van der Waals surface area contributed by atoms with Crippen molar-refractivity contribution in [2.24, 2.45) is 4.99 Å². The van der Waals surface area contributed by atoms with Crippen LogP contribution in [0.15, 0.2) is 47.1 Å². The van der Waals surface area contributed by atoms with Crippen molar-refractivity contribution in [2.45, 2.75) is 27.2 Å². The highest BCUT2D eigenvalue weighted by atomic mass is 15.1. The number of nitrogens with zero attached hydrogens (tertiary/aromatic N) is 3. The Kier molecular flexibility index (Phi) is 4.59. The first-order valence-corrected chi connectivity index (χ1v) is 7.16. The Balaban J connectivity index is 2.35. The lowest BCUT2D eigenvalue weighted by atomic mass is 9.96. The first-order valence-electron chi connectivity index (χ1n) is 7.16. The Hall–Kier alpha value is -2.34. The zero-order valence-corrected chi connectivity index (χ0v) is 13.0. The molecule has 0 N–H and O–H groups in total. The van der Waals surface area contributed by atoms with Gasteiger partial charge in [-0.3, -0.25) is 4.99 Å². The highest BCUT2D eigenvalue weighted by Crippen LogP contribution is 2.27. The van der Waals surface area contributed by atoms with Crippen molar-refractivity contribution in [1.29, 1.82) is 5.26 Å². The molecule has 0 amide bonds. The minimum Gasteiger partial charge on any atom is -0.366 e. The smallest absolute Gasteiger partial charge is 0.101 e. The number of nitriles is 1. The van der Waals surface area contributed by atoms with Crippen LogP contribution in [-0.2, 0) is 0 Å². The summed E-state index contributed by atoms with van der Waals surface area (Å²) in [6.45, 7) is 11.6. The summed E-state index contributed by atoms with van der Waals surface area (Å²) >= 11 is 0. The van der Waals surface area contributed by atoms with Gasteiger partial charge in [-0.1, -0.05) is 18.2 Å². The van der Waals surface area contributed by atoms with Gasteiger partial charge in [0.15, 0.2) is 0 Å². The zero-order chi connectivity index (χ0) is 15.4. The van der Waals surface area contributed by atoms with Crippen LogP contribution in [0.2, 0.25) is 0 Å². The molecule has 0 saturated carbocycles. The molecule has 2 rings (SSSR count). The normalized spacial score (nSPS) is 15.9. The maximum atomic E-state index is 9.36. The average molecular weight is 279 g/mol. The second-order valence-electron chi connectivity index (χ2n) is 5.46. The van der Waals surface area contributed by atoms with Gasteiger partial charge in [0, 0.05) is 25.0 Å². The van der Waals surface area contributed by atoms with Crippen molar-refractivity contribution in [2.75, 3.05) is 18.0 Å². The van der Waals surface area contributed by atoms with E-state index >= 15 is 0 Å². The van der Waals surface area contributed by atoms with Crippen LogP contribution in [0.5, 0.6) is 0 Å². The van der Waals surface area contributed by atoms with E-state index in [9.17, 15) is 5.26 Å². The predicted octanol–water partition coefficient (Wildman–Crippen LogP) is 4.00. The fourth-order valence-corrected chi connectivity index (χ4v) is 2.72. The summed E-state index contributed by atoms with van der Waals surface area (Å²) < 4.78 is 0. The molecular weight excluding hydrogens is 258 g/mol. The fraction of sp³-hybridized carbons (Fsp3) is 0.333. The van der Waals surface area contributed by atoms with Crippen LogP contribution in [0.1, 0.15) is 31.4 Å². The largest absolute Gasteiger partial charge is 0.366 e. The van der Waals surface area contributed by atoms with Gasteiger partial charge < -0.3 is 4.90 Å². The van der Waals surface area contributed by atoms with Crippen molar-refractivity contribution in [3.63, 3.8) is 0 Å². The molecule has 0 radical (unpaired) electrons. The number of aliphatic imine (C=N–C) groups is 1. The molecule has 1 aliphatic rings. The van der Waals surface area contributed by atoms with E-state index < -0.39 is 0 Å². The van der Waals surface area contributed by atoms with E-state index in [4.69, 9.17) is 0 Å². The summed E-state index contributed by atoms with van der Waals surface area (Å²) in [6, 6.07) is 8.37. The molecular formula is C18H21N3. The topological polar surface area (TPSA) is 39.4 Å². The van der Waals surface area contributed by atoms with E-state index in [-0.39, 0.29) is 0 Å². The maximum absolute atomic E-state index is 9.36. The van der Waals surface area contributed by atoms with Crippen LogP contribution in [-0.4, -0.2) is 18.8 Å². The molecule has 1 heterocycles. The Morgan fingerprint density at radius 3 is 2.86 bits per heavy atom. The van der Waals surface area contributed by atoms with Gasteiger partial charge in [-0.15, -0.1) is 0 Å². The predicted molar refractivity (Wildman–Crippen MR) is 88.7 cm³/mol. The van der Waals surface area contributed by atoms with E-state index in [1.54, 1.807) is 6.20 Å². The number of benzene rings is 1.